The maximum atomic E-state index is 4.90. The van der Waals surface area contributed by atoms with E-state index in [-0.39, 0.29) is 0 Å². The maximum absolute atomic E-state index is 4.90. The minimum Gasteiger partial charge on any atom is -0.364 e. The standard InChI is InChI=1S/C32H39N5S2/c1-20-11-8-9-16-36(20)29-13-10-12-28(34-29)35-32-33-21(2)31(38-32)25-17-26-19-37(22(3)24-14-15-24)23(4)30(26)27(18-25)39(5,6)7/h10,12-13,17-18,22,24H,1,4-6,8-9,11,14-16,19H2,2-3,7H3,(H,33,34,35). The molecule has 2 aromatic heterocycles. The minimum atomic E-state index is -1.46. The molecule has 2 fully saturated rings. The molecule has 39 heavy (non-hydrogen) atoms. The van der Waals surface area contributed by atoms with Gasteiger partial charge in [-0.2, -0.15) is 9.21 Å². The van der Waals surface area contributed by atoms with E-state index >= 15 is 0 Å². The van der Waals surface area contributed by atoms with Crippen LogP contribution in [-0.4, -0.2) is 45.5 Å². The molecule has 4 heterocycles. The lowest BCUT2D eigenvalue weighted by Gasteiger charge is -2.30. The summed E-state index contributed by atoms with van der Waals surface area (Å²) in [6.45, 7) is 15.1. The van der Waals surface area contributed by atoms with E-state index in [0.29, 0.717) is 6.04 Å². The number of hydrogen-bond donors (Lipinski definition) is 1. The average molecular weight is 558 g/mol. The zero-order chi connectivity index (χ0) is 27.5. The van der Waals surface area contributed by atoms with E-state index in [1.54, 1.807) is 11.3 Å². The predicted octanol–water partition coefficient (Wildman–Crippen LogP) is 8.00. The second kappa shape index (κ2) is 9.86. The molecule has 1 aliphatic carbocycles. The van der Waals surface area contributed by atoms with Crippen LogP contribution in [0.1, 0.15) is 55.8 Å². The number of fused-ring (bicyclic) bond motifs is 1. The molecule has 6 rings (SSSR count). The SMILES string of the molecule is C=C1CCCCN1c1cccc(Nc2nc(C)c(-c3cc4c(c(S(=C)(=C)C)c3)C(=C)N(C(C)C3CC3)C4)s2)n1. The van der Waals surface area contributed by atoms with Gasteiger partial charge in [0.25, 0.3) is 0 Å². The molecular weight excluding hydrogens is 519 g/mol. The van der Waals surface area contributed by atoms with Gasteiger partial charge in [0.05, 0.1) is 10.6 Å². The normalized spacial score (nSPS) is 18.4. The third-order valence-corrected chi connectivity index (χ3v) is 10.8. The molecule has 7 heteroatoms. The van der Waals surface area contributed by atoms with E-state index < -0.39 is 9.21 Å². The number of anilines is 3. The first kappa shape index (κ1) is 26.2. The summed E-state index contributed by atoms with van der Waals surface area (Å²) in [6.07, 6.45) is 8.23. The molecule has 1 atom stereocenters. The Kier molecular flexibility index (Phi) is 6.63. The smallest absolute Gasteiger partial charge is 0.189 e. The van der Waals surface area contributed by atoms with Crippen molar-refractivity contribution in [2.75, 3.05) is 23.0 Å². The highest BCUT2D eigenvalue weighted by atomic mass is 32.2. The number of aryl methyl sites for hydroxylation is 1. The molecule has 0 spiro atoms. The summed E-state index contributed by atoms with van der Waals surface area (Å²) in [5.74, 6) is 11.6. The topological polar surface area (TPSA) is 44.3 Å². The molecule has 3 aliphatic rings. The Balaban J connectivity index is 1.31. The molecule has 1 aromatic carbocycles. The highest BCUT2D eigenvalue weighted by Gasteiger charge is 2.37. The zero-order valence-corrected chi connectivity index (χ0v) is 25.1. The van der Waals surface area contributed by atoms with E-state index in [2.05, 4.69) is 78.3 Å². The van der Waals surface area contributed by atoms with Gasteiger partial charge in [0, 0.05) is 41.0 Å². The van der Waals surface area contributed by atoms with Crippen molar-refractivity contribution in [1.82, 2.24) is 14.9 Å². The van der Waals surface area contributed by atoms with Crippen molar-refractivity contribution >= 4 is 54.7 Å². The first-order valence-corrected chi connectivity index (χ1v) is 17.0. The average Bonchev–Trinajstić information content (AvgIpc) is 3.61. The predicted molar refractivity (Wildman–Crippen MR) is 173 cm³/mol. The summed E-state index contributed by atoms with van der Waals surface area (Å²) in [7, 11) is -1.46. The van der Waals surface area contributed by atoms with Gasteiger partial charge >= 0.3 is 0 Å². The van der Waals surface area contributed by atoms with Crippen molar-refractivity contribution < 1.29 is 0 Å². The molecule has 1 saturated carbocycles. The lowest BCUT2D eigenvalue weighted by atomic mass is 10.0. The summed E-state index contributed by atoms with van der Waals surface area (Å²) >= 11 is 1.68. The first-order chi connectivity index (χ1) is 18.6. The number of pyridine rings is 1. The van der Waals surface area contributed by atoms with Crippen molar-refractivity contribution in [3.63, 3.8) is 0 Å². The molecule has 5 nitrogen and oxygen atoms in total. The summed E-state index contributed by atoms with van der Waals surface area (Å²) in [6, 6.07) is 11.3. The third-order valence-electron chi connectivity index (χ3n) is 8.27. The van der Waals surface area contributed by atoms with Crippen molar-refractivity contribution in [3.8, 4) is 10.4 Å². The number of aromatic nitrogens is 2. The molecule has 1 unspecified atom stereocenters. The van der Waals surface area contributed by atoms with Crippen LogP contribution in [-0.2, 0) is 6.54 Å². The molecule has 1 N–H and O–H groups in total. The molecule has 204 valence electrons. The van der Waals surface area contributed by atoms with Crippen LogP contribution in [0.4, 0.5) is 16.8 Å². The Hall–Kier alpha value is -3.03. The van der Waals surface area contributed by atoms with Gasteiger partial charge in [0.2, 0.25) is 0 Å². The van der Waals surface area contributed by atoms with Gasteiger partial charge in [-0.1, -0.05) is 42.3 Å². The number of benzene rings is 1. The van der Waals surface area contributed by atoms with Crippen LogP contribution in [0.15, 0.2) is 54.1 Å². The number of allylic oxidation sites excluding steroid dienone is 1. The van der Waals surface area contributed by atoms with E-state index in [0.717, 1.165) is 59.3 Å². The zero-order valence-electron chi connectivity index (χ0n) is 23.4. The van der Waals surface area contributed by atoms with E-state index in [9.17, 15) is 0 Å². The van der Waals surface area contributed by atoms with Crippen molar-refractivity contribution in [2.24, 2.45) is 5.92 Å². The minimum absolute atomic E-state index is 0.517. The van der Waals surface area contributed by atoms with Gasteiger partial charge in [0.15, 0.2) is 5.13 Å². The highest BCUT2D eigenvalue weighted by molar-refractivity contribution is 8.27. The second-order valence-corrected chi connectivity index (χ2v) is 15.5. The number of nitrogens with one attached hydrogen (secondary N) is 1. The molecule has 0 amide bonds. The lowest BCUT2D eigenvalue weighted by molar-refractivity contribution is 0.290. The summed E-state index contributed by atoms with van der Waals surface area (Å²) in [5.41, 5.74) is 7.10. The molecule has 0 radical (unpaired) electrons. The van der Waals surface area contributed by atoms with Gasteiger partial charge in [-0.05, 0) is 93.5 Å². The van der Waals surface area contributed by atoms with Crippen LogP contribution in [0, 0.1) is 12.8 Å². The number of rotatable bonds is 7. The number of piperidine rings is 1. The first-order valence-electron chi connectivity index (χ1n) is 13.8. The summed E-state index contributed by atoms with van der Waals surface area (Å²) in [4.78, 5) is 16.9. The third kappa shape index (κ3) is 5.03. The fourth-order valence-electron chi connectivity index (χ4n) is 5.93. The summed E-state index contributed by atoms with van der Waals surface area (Å²) in [5, 5.41) is 4.32. The summed E-state index contributed by atoms with van der Waals surface area (Å²) < 4.78 is 0. The monoisotopic (exact) mass is 557 g/mol. The van der Waals surface area contributed by atoms with Crippen LogP contribution in [0.3, 0.4) is 0 Å². The van der Waals surface area contributed by atoms with Crippen LogP contribution in [0.2, 0.25) is 0 Å². The van der Waals surface area contributed by atoms with Crippen molar-refractivity contribution in [2.45, 2.75) is 63.4 Å². The molecule has 0 bridgehead atoms. The van der Waals surface area contributed by atoms with Crippen LogP contribution < -0.4 is 10.2 Å². The van der Waals surface area contributed by atoms with E-state index in [4.69, 9.17) is 9.97 Å². The molecular formula is C32H39N5S2. The fraction of sp³-hybridized carbons (Fsp3) is 0.375. The van der Waals surface area contributed by atoms with Crippen molar-refractivity contribution in [1.29, 1.82) is 0 Å². The van der Waals surface area contributed by atoms with Crippen LogP contribution >= 0.6 is 20.5 Å². The van der Waals surface area contributed by atoms with Crippen LogP contribution in [0.25, 0.3) is 16.1 Å². The Morgan fingerprint density at radius 3 is 2.64 bits per heavy atom. The number of thiazole rings is 1. The Labute approximate surface area is 237 Å². The quantitative estimate of drug-likeness (QED) is 0.298. The van der Waals surface area contributed by atoms with Crippen LogP contribution in [0.5, 0.6) is 0 Å². The largest absolute Gasteiger partial charge is 0.364 e. The van der Waals surface area contributed by atoms with Crippen molar-refractivity contribution in [3.05, 3.63) is 66.0 Å². The number of nitrogens with zero attached hydrogens (tertiary/aromatic N) is 4. The Morgan fingerprint density at radius 2 is 1.92 bits per heavy atom. The second-order valence-electron chi connectivity index (χ2n) is 11.5. The maximum Gasteiger partial charge on any atom is 0.189 e. The Morgan fingerprint density at radius 1 is 1.13 bits per heavy atom. The van der Waals surface area contributed by atoms with E-state index in [1.165, 1.54) is 52.1 Å². The molecule has 1 saturated heterocycles. The van der Waals surface area contributed by atoms with Gasteiger partial charge in [-0.3, -0.25) is 0 Å². The number of hydrogen-bond acceptors (Lipinski definition) is 6. The fourth-order valence-corrected chi connectivity index (χ4v) is 8.04. The van der Waals surface area contributed by atoms with E-state index in [1.807, 2.05) is 12.1 Å². The van der Waals surface area contributed by atoms with Gasteiger partial charge < -0.3 is 15.1 Å². The molecule has 2 aliphatic heterocycles. The van der Waals surface area contributed by atoms with Gasteiger partial charge in [0.1, 0.15) is 11.6 Å². The molecule has 3 aromatic rings. The van der Waals surface area contributed by atoms with Gasteiger partial charge in [-0.25, -0.2) is 9.97 Å². The Bertz CT molecular complexity index is 1580. The van der Waals surface area contributed by atoms with Gasteiger partial charge in [-0.15, -0.1) is 0 Å². The lowest BCUT2D eigenvalue weighted by Crippen LogP contribution is -2.28. The highest BCUT2D eigenvalue weighted by Crippen LogP contribution is 2.49.